The van der Waals surface area contributed by atoms with E-state index in [1.807, 2.05) is 53.4 Å². The highest BCUT2D eigenvalue weighted by atomic mass is 32.2. The lowest BCUT2D eigenvalue weighted by Crippen LogP contribution is -2.40. The maximum Gasteiger partial charge on any atom is 0.222 e. The minimum absolute atomic E-state index is 0.0230. The van der Waals surface area contributed by atoms with Crippen molar-refractivity contribution in [1.29, 1.82) is 0 Å². The fourth-order valence-electron chi connectivity index (χ4n) is 5.08. The summed E-state index contributed by atoms with van der Waals surface area (Å²) in [5.74, 6) is 0.983. The third kappa shape index (κ3) is 6.50. The Morgan fingerprint density at radius 1 is 0.974 bits per heavy atom. The van der Waals surface area contributed by atoms with Crippen molar-refractivity contribution in [2.24, 2.45) is 0 Å². The predicted octanol–water partition coefficient (Wildman–Crippen LogP) is 4.15. The summed E-state index contributed by atoms with van der Waals surface area (Å²) in [6.45, 7) is 3.94. The Morgan fingerprint density at radius 3 is 2.29 bits per heavy atom. The van der Waals surface area contributed by atoms with Crippen LogP contribution in [0.5, 0.6) is 5.75 Å². The average Bonchev–Trinajstić information content (AvgIpc) is 3.34. The number of hydrogen-bond donors (Lipinski definition) is 2. The highest BCUT2D eigenvalue weighted by molar-refractivity contribution is 7.99. The number of β-amino-alcohol motifs (C(OH)–C–C–N with tert-alkyl or cyclic N) is 1. The minimum atomic E-state index is -0.610. The maximum atomic E-state index is 11.7. The van der Waals surface area contributed by atoms with Gasteiger partial charge in [0, 0.05) is 42.4 Å². The third-order valence-electron chi connectivity index (χ3n) is 6.94. The Bertz CT molecular complexity index is 1180. The Kier molecular flexibility index (Phi) is 8.86. The third-order valence-corrected chi connectivity index (χ3v) is 8.07. The van der Waals surface area contributed by atoms with Crippen LogP contribution in [-0.4, -0.2) is 78.0 Å². The quantitative estimate of drug-likeness (QED) is 0.362. The van der Waals surface area contributed by atoms with Crippen molar-refractivity contribution < 1.29 is 19.7 Å². The van der Waals surface area contributed by atoms with Crippen molar-refractivity contribution >= 4 is 29.0 Å². The van der Waals surface area contributed by atoms with Crippen LogP contribution < -0.4 is 9.64 Å². The largest absolute Gasteiger partial charge is 0.492 e. The molecule has 200 valence electrons. The van der Waals surface area contributed by atoms with Gasteiger partial charge in [0.25, 0.3) is 0 Å². The van der Waals surface area contributed by atoms with Gasteiger partial charge in [0.15, 0.2) is 0 Å². The lowest BCUT2D eigenvalue weighted by molar-refractivity contribution is -0.128. The molecule has 8 heteroatoms. The van der Waals surface area contributed by atoms with Gasteiger partial charge in [0.2, 0.25) is 5.91 Å². The number of ether oxygens (including phenoxy) is 1. The van der Waals surface area contributed by atoms with E-state index in [1.165, 1.54) is 9.79 Å². The van der Waals surface area contributed by atoms with Crippen molar-refractivity contribution in [2.75, 3.05) is 50.8 Å². The van der Waals surface area contributed by atoms with Crippen LogP contribution in [0.4, 0.5) is 11.4 Å². The number of fused-ring (bicyclic) bond motifs is 2. The molecule has 0 aromatic heterocycles. The lowest BCUT2D eigenvalue weighted by Gasteiger charge is -2.35. The van der Waals surface area contributed by atoms with Crippen LogP contribution in [0, 0.1) is 0 Å². The van der Waals surface area contributed by atoms with Gasteiger partial charge in [-0.25, -0.2) is 0 Å². The van der Waals surface area contributed by atoms with Crippen molar-refractivity contribution in [3.05, 3.63) is 78.4 Å². The number of nitrogens with zero attached hydrogens (tertiary/aromatic N) is 3. The van der Waals surface area contributed by atoms with E-state index >= 15 is 0 Å². The first-order valence-corrected chi connectivity index (χ1v) is 14.1. The van der Waals surface area contributed by atoms with Crippen LogP contribution in [0.3, 0.4) is 0 Å². The topological polar surface area (TPSA) is 76.5 Å². The van der Waals surface area contributed by atoms with Crippen LogP contribution in [-0.2, 0) is 11.3 Å². The van der Waals surface area contributed by atoms with Crippen LogP contribution in [0.15, 0.2) is 82.6 Å². The van der Waals surface area contributed by atoms with Gasteiger partial charge in [-0.2, -0.15) is 0 Å². The van der Waals surface area contributed by atoms with E-state index in [2.05, 4.69) is 34.1 Å². The first kappa shape index (κ1) is 26.6. The normalized spacial score (nSPS) is 15.5. The molecule has 3 aromatic carbocycles. The molecule has 1 fully saturated rings. The number of aliphatic hydroxyl groups is 2. The minimum Gasteiger partial charge on any atom is -0.492 e. The van der Waals surface area contributed by atoms with E-state index in [0.717, 1.165) is 35.7 Å². The number of likely N-dealkylation sites (tertiary alicyclic amines) is 1. The molecule has 2 heterocycles. The van der Waals surface area contributed by atoms with Gasteiger partial charge >= 0.3 is 0 Å². The van der Waals surface area contributed by atoms with Gasteiger partial charge in [0.05, 0.1) is 37.2 Å². The number of carbonyl (C=O) groups excluding carboxylic acids is 1. The SMILES string of the molecule is O=C1CCCN1CCOc1ccc(CN(CCO)CC(O)CN2c3ccccc3Sc3ccccc32)cc1. The van der Waals surface area contributed by atoms with Gasteiger partial charge < -0.3 is 24.7 Å². The number of rotatable bonds is 12. The smallest absolute Gasteiger partial charge is 0.222 e. The standard InChI is InChI=1S/C30H35N3O4S/c34-18-16-31(20-23-11-13-25(14-12-23)37-19-17-32-15-5-10-30(32)36)21-24(35)22-33-26-6-1-3-8-28(26)38-29-9-4-2-7-27(29)33/h1-4,6-9,11-14,24,34-35H,5,10,15-22H2. The number of anilines is 2. The van der Waals surface area contributed by atoms with Crippen LogP contribution >= 0.6 is 11.8 Å². The second-order valence-corrected chi connectivity index (χ2v) is 10.8. The summed E-state index contributed by atoms with van der Waals surface area (Å²) in [7, 11) is 0. The van der Waals surface area contributed by atoms with Crippen molar-refractivity contribution in [2.45, 2.75) is 35.3 Å². The van der Waals surface area contributed by atoms with E-state index in [4.69, 9.17) is 4.74 Å². The molecule has 2 N–H and O–H groups in total. The van der Waals surface area contributed by atoms with Crippen LogP contribution in [0.25, 0.3) is 0 Å². The Balaban J connectivity index is 1.18. The van der Waals surface area contributed by atoms with E-state index in [0.29, 0.717) is 45.8 Å². The summed E-state index contributed by atoms with van der Waals surface area (Å²) in [6.07, 6.45) is 0.969. The van der Waals surface area contributed by atoms with Gasteiger partial charge in [-0.1, -0.05) is 48.2 Å². The van der Waals surface area contributed by atoms with Gasteiger partial charge in [-0.15, -0.1) is 0 Å². The fourth-order valence-corrected chi connectivity index (χ4v) is 6.18. The molecule has 1 amide bonds. The summed E-state index contributed by atoms with van der Waals surface area (Å²) in [6, 6.07) is 24.5. The number of para-hydroxylation sites is 2. The molecule has 1 unspecified atom stereocenters. The second kappa shape index (κ2) is 12.7. The Labute approximate surface area is 228 Å². The number of aliphatic hydroxyl groups excluding tert-OH is 2. The molecule has 0 saturated carbocycles. The molecule has 5 rings (SSSR count). The molecule has 2 aliphatic heterocycles. The molecule has 38 heavy (non-hydrogen) atoms. The molecule has 0 radical (unpaired) electrons. The first-order chi connectivity index (χ1) is 18.6. The lowest BCUT2D eigenvalue weighted by atomic mass is 10.1. The molecule has 7 nitrogen and oxygen atoms in total. The Morgan fingerprint density at radius 2 is 1.66 bits per heavy atom. The van der Waals surface area contributed by atoms with Crippen molar-refractivity contribution in [1.82, 2.24) is 9.80 Å². The molecule has 3 aromatic rings. The zero-order valence-corrected chi connectivity index (χ0v) is 22.4. The maximum absolute atomic E-state index is 11.7. The first-order valence-electron chi connectivity index (χ1n) is 13.2. The second-order valence-electron chi connectivity index (χ2n) is 9.74. The molecule has 1 atom stereocenters. The molecule has 0 spiro atoms. The summed E-state index contributed by atoms with van der Waals surface area (Å²) >= 11 is 1.76. The highest BCUT2D eigenvalue weighted by Crippen LogP contribution is 2.47. The van der Waals surface area contributed by atoms with Crippen LogP contribution in [0.1, 0.15) is 18.4 Å². The van der Waals surface area contributed by atoms with E-state index in [1.54, 1.807) is 11.8 Å². The number of benzene rings is 3. The van der Waals surface area contributed by atoms with Crippen molar-refractivity contribution in [3.8, 4) is 5.75 Å². The summed E-state index contributed by atoms with van der Waals surface area (Å²) in [5.41, 5.74) is 3.29. The molecular formula is C30H35N3O4S. The van der Waals surface area contributed by atoms with Crippen molar-refractivity contribution in [3.63, 3.8) is 0 Å². The molecule has 1 saturated heterocycles. The van der Waals surface area contributed by atoms with E-state index in [9.17, 15) is 15.0 Å². The number of amides is 1. The number of carbonyl (C=O) groups is 1. The van der Waals surface area contributed by atoms with E-state index < -0.39 is 6.10 Å². The molecule has 0 aliphatic carbocycles. The Hall–Kier alpha value is -3.04. The molecule has 2 aliphatic rings. The zero-order chi connectivity index (χ0) is 26.3. The zero-order valence-electron chi connectivity index (χ0n) is 21.5. The predicted molar refractivity (Wildman–Crippen MR) is 150 cm³/mol. The average molecular weight is 534 g/mol. The molecular weight excluding hydrogens is 498 g/mol. The fraction of sp³-hybridized carbons (Fsp3) is 0.367. The molecule has 0 bridgehead atoms. The monoisotopic (exact) mass is 533 g/mol. The van der Waals surface area contributed by atoms with Crippen LogP contribution in [0.2, 0.25) is 0 Å². The van der Waals surface area contributed by atoms with E-state index in [-0.39, 0.29) is 12.5 Å². The van der Waals surface area contributed by atoms with Gasteiger partial charge in [-0.3, -0.25) is 9.69 Å². The van der Waals surface area contributed by atoms with Gasteiger partial charge in [-0.05, 0) is 48.4 Å². The summed E-state index contributed by atoms with van der Waals surface area (Å²) < 4.78 is 5.84. The highest BCUT2D eigenvalue weighted by Gasteiger charge is 2.25. The summed E-state index contributed by atoms with van der Waals surface area (Å²) in [4.78, 5) is 20.2. The van der Waals surface area contributed by atoms with Gasteiger partial charge in [0.1, 0.15) is 12.4 Å². The number of hydrogen-bond acceptors (Lipinski definition) is 7. The summed E-state index contributed by atoms with van der Waals surface area (Å²) in [5, 5.41) is 20.8.